The molecule has 0 amide bonds. The summed E-state index contributed by atoms with van der Waals surface area (Å²) in [6.07, 6.45) is 1.78. The van der Waals surface area contributed by atoms with Crippen LogP contribution in [0.2, 0.25) is 5.02 Å². The first-order chi connectivity index (χ1) is 12.7. The minimum atomic E-state index is 0.216. The molecule has 3 heterocycles. The fraction of sp³-hybridized carbons (Fsp3) is 0. The molecule has 26 heavy (non-hydrogen) atoms. The van der Waals surface area contributed by atoms with Crippen LogP contribution in [-0.4, -0.2) is 20.1 Å². The Morgan fingerprint density at radius 3 is 2.69 bits per heavy atom. The fourth-order valence-electron chi connectivity index (χ4n) is 3.15. The van der Waals surface area contributed by atoms with E-state index in [0.29, 0.717) is 10.6 Å². The van der Waals surface area contributed by atoms with E-state index in [4.69, 9.17) is 21.6 Å². The van der Waals surface area contributed by atoms with Gasteiger partial charge in [0.25, 0.3) is 0 Å². The zero-order valence-corrected chi connectivity index (χ0v) is 15.0. The van der Waals surface area contributed by atoms with Crippen molar-refractivity contribution in [1.29, 1.82) is 0 Å². The maximum Gasteiger partial charge on any atom is 0.127 e. The van der Waals surface area contributed by atoms with Gasteiger partial charge in [-0.1, -0.05) is 41.9 Å². The normalized spacial score (nSPS) is 11.4. The number of rotatable bonds is 2. The van der Waals surface area contributed by atoms with Crippen LogP contribution in [0.15, 0.2) is 60.1 Å². The molecule has 0 atom stereocenters. The van der Waals surface area contributed by atoms with Gasteiger partial charge in [-0.25, -0.2) is 9.97 Å². The van der Waals surface area contributed by atoms with E-state index in [-0.39, 0.29) is 5.75 Å². The van der Waals surface area contributed by atoms with Crippen molar-refractivity contribution in [3.8, 4) is 27.7 Å². The lowest BCUT2D eigenvalue weighted by Gasteiger charge is -2.05. The number of H-pyrrole nitrogens is 1. The molecule has 0 aliphatic rings. The molecule has 5 aromatic rings. The molecule has 126 valence electrons. The van der Waals surface area contributed by atoms with Gasteiger partial charge in [-0.2, -0.15) is 0 Å². The predicted octanol–water partition coefficient (Wildman–Crippen LogP) is 5.87. The summed E-state index contributed by atoms with van der Waals surface area (Å²) in [6, 6.07) is 15.1. The standard InChI is InChI=1S/C20H12ClN3OS/c21-13-9-22-19-17(13)11-5-1-3-7-14(11)23-18(19)15-10-26-20(24-15)12-6-2-4-8-16(12)25/h1-10,22,25H. The molecule has 5 rings (SSSR count). The Kier molecular flexibility index (Phi) is 3.45. The lowest BCUT2D eigenvalue weighted by Crippen LogP contribution is -1.89. The van der Waals surface area contributed by atoms with Crippen LogP contribution in [0.4, 0.5) is 0 Å². The molecule has 0 aliphatic carbocycles. The Hall–Kier alpha value is -2.89. The second kappa shape index (κ2) is 5.83. The highest BCUT2D eigenvalue weighted by Gasteiger charge is 2.17. The van der Waals surface area contributed by atoms with Gasteiger partial charge >= 0.3 is 0 Å². The Morgan fingerprint density at radius 2 is 1.81 bits per heavy atom. The Morgan fingerprint density at radius 1 is 1.00 bits per heavy atom. The minimum absolute atomic E-state index is 0.216. The van der Waals surface area contributed by atoms with Crippen molar-refractivity contribution in [1.82, 2.24) is 15.0 Å². The molecule has 0 unspecified atom stereocenters. The van der Waals surface area contributed by atoms with Crippen LogP contribution in [0, 0.1) is 0 Å². The number of fused-ring (bicyclic) bond motifs is 3. The average Bonchev–Trinajstić information content (AvgIpc) is 3.29. The third-order valence-corrected chi connectivity index (χ3v) is 5.53. The van der Waals surface area contributed by atoms with Gasteiger partial charge < -0.3 is 10.1 Å². The Labute approximate surface area is 157 Å². The number of aromatic nitrogens is 3. The molecule has 0 saturated carbocycles. The molecule has 0 spiro atoms. The van der Waals surface area contributed by atoms with Gasteiger partial charge in [0.05, 0.1) is 21.6 Å². The van der Waals surface area contributed by atoms with Crippen molar-refractivity contribution in [3.63, 3.8) is 0 Å². The van der Waals surface area contributed by atoms with Gasteiger partial charge in [0.1, 0.15) is 22.1 Å². The third kappa shape index (κ3) is 2.29. The smallest absolute Gasteiger partial charge is 0.127 e. The highest BCUT2D eigenvalue weighted by molar-refractivity contribution is 7.13. The summed E-state index contributed by atoms with van der Waals surface area (Å²) in [7, 11) is 0. The molecule has 0 aliphatic heterocycles. The number of aromatic hydroxyl groups is 1. The SMILES string of the molecule is Oc1ccccc1-c1nc(-c2nc3ccccc3c3c(Cl)c[nH]c23)cs1. The molecule has 2 aromatic carbocycles. The molecule has 2 N–H and O–H groups in total. The summed E-state index contributed by atoms with van der Waals surface area (Å²) in [5, 5.41) is 15.4. The van der Waals surface area contributed by atoms with E-state index < -0.39 is 0 Å². The second-order valence-electron chi connectivity index (χ2n) is 5.92. The van der Waals surface area contributed by atoms with Crippen LogP contribution in [0.3, 0.4) is 0 Å². The van der Waals surface area contributed by atoms with Gasteiger partial charge in [-0.15, -0.1) is 11.3 Å². The van der Waals surface area contributed by atoms with E-state index in [9.17, 15) is 5.11 Å². The van der Waals surface area contributed by atoms with E-state index in [1.54, 1.807) is 18.3 Å². The molecule has 4 nitrogen and oxygen atoms in total. The number of phenolic OH excluding ortho intramolecular Hbond substituents is 1. The van der Waals surface area contributed by atoms with Gasteiger partial charge in [-0.05, 0) is 18.2 Å². The Bertz CT molecular complexity index is 1270. The van der Waals surface area contributed by atoms with Crippen LogP contribution in [-0.2, 0) is 0 Å². The maximum absolute atomic E-state index is 10.1. The Balaban J connectivity index is 1.76. The summed E-state index contributed by atoms with van der Waals surface area (Å²) in [4.78, 5) is 12.7. The fourth-order valence-corrected chi connectivity index (χ4v) is 4.24. The van der Waals surface area contributed by atoms with Crippen molar-refractivity contribution in [2.24, 2.45) is 0 Å². The zero-order chi connectivity index (χ0) is 17.7. The molecular formula is C20H12ClN3OS. The number of nitrogens with zero attached hydrogens (tertiary/aromatic N) is 2. The largest absolute Gasteiger partial charge is 0.507 e. The number of hydrogen-bond donors (Lipinski definition) is 2. The lowest BCUT2D eigenvalue weighted by atomic mass is 10.1. The van der Waals surface area contributed by atoms with Gasteiger partial charge in [0.2, 0.25) is 0 Å². The summed E-state index contributed by atoms with van der Waals surface area (Å²) < 4.78 is 0. The number of para-hydroxylation sites is 2. The van der Waals surface area contributed by atoms with Crippen LogP contribution in [0.5, 0.6) is 5.75 Å². The number of pyridine rings is 1. The molecule has 6 heteroatoms. The topological polar surface area (TPSA) is 61.8 Å². The number of benzene rings is 2. The number of aromatic amines is 1. The van der Waals surface area contributed by atoms with Gasteiger partial charge in [-0.3, -0.25) is 0 Å². The first kappa shape index (κ1) is 15.4. The average molecular weight is 378 g/mol. The zero-order valence-electron chi connectivity index (χ0n) is 13.4. The van der Waals surface area contributed by atoms with E-state index >= 15 is 0 Å². The molecule has 0 radical (unpaired) electrons. The van der Waals surface area contributed by atoms with Crippen LogP contribution < -0.4 is 0 Å². The van der Waals surface area contributed by atoms with E-state index in [0.717, 1.165) is 38.2 Å². The van der Waals surface area contributed by atoms with E-state index in [1.807, 2.05) is 41.8 Å². The van der Waals surface area contributed by atoms with Crippen LogP contribution in [0.25, 0.3) is 43.8 Å². The van der Waals surface area contributed by atoms with Crippen molar-refractivity contribution in [2.75, 3.05) is 0 Å². The predicted molar refractivity (Wildman–Crippen MR) is 107 cm³/mol. The monoisotopic (exact) mass is 377 g/mol. The van der Waals surface area contributed by atoms with Crippen molar-refractivity contribution >= 4 is 44.7 Å². The number of phenols is 1. The van der Waals surface area contributed by atoms with E-state index in [2.05, 4.69) is 4.98 Å². The summed E-state index contributed by atoms with van der Waals surface area (Å²) >= 11 is 7.90. The maximum atomic E-state index is 10.1. The quantitative estimate of drug-likeness (QED) is 0.404. The van der Waals surface area contributed by atoms with Crippen molar-refractivity contribution in [3.05, 3.63) is 65.1 Å². The first-order valence-corrected chi connectivity index (χ1v) is 9.28. The number of hydrogen-bond acceptors (Lipinski definition) is 4. The van der Waals surface area contributed by atoms with Crippen molar-refractivity contribution < 1.29 is 5.11 Å². The molecule has 0 saturated heterocycles. The summed E-state index contributed by atoms with van der Waals surface area (Å²) in [5.74, 6) is 0.216. The van der Waals surface area contributed by atoms with Crippen molar-refractivity contribution in [2.45, 2.75) is 0 Å². The highest BCUT2D eigenvalue weighted by atomic mass is 35.5. The van der Waals surface area contributed by atoms with Crippen LogP contribution in [0.1, 0.15) is 0 Å². The summed E-state index contributed by atoms with van der Waals surface area (Å²) in [5.41, 5.74) is 3.95. The third-order valence-electron chi connectivity index (χ3n) is 4.36. The second-order valence-corrected chi connectivity index (χ2v) is 7.18. The molecule has 3 aromatic heterocycles. The molecular weight excluding hydrogens is 366 g/mol. The van der Waals surface area contributed by atoms with Gasteiger partial charge in [0.15, 0.2) is 0 Å². The summed E-state index contributed by atoms with van der Waals surface area (Å²) in [6.45, 7) is 0. The minimum Gasteiger partial charge on any atom is -0.507 e. The van der Waals surface area contributed by atoms with Crippen LogP contribution >= 0.6 is 22.9 Å². The first-order valence-electron chi connectivity index (χ1n) is 8.02. The molecule has 0 bridgehead atoms. The van der Waals surface area contributed by atoms with Gasteiger partial charge in [0, 0.05) is 22.3 Å². The molecule has 0 fully saturated rings. The number of halogens is 1. The number of nitrogens with one attached hydrogen (secondary N) is 1. The lowest BCUT2D eigenvalue weighted by molar-refractivity contribution is 0.477. The number of thiazole rings is 1. The van der Waals surface area contributed by atoms with E-state index in [1.165, 1.54) is 11.3 Å². The highest BCUT2D eigenvalue weighted by Crippen LogP contribution is 2.38.